The fraction of sp³-hybridized carbons (Fsp3) is 0.786. The predicted octanol–water partition coefficient (Wildman–Crippen LogP) is 3.51. The molecule has 0 aromatic heterocycles. The standard InChI is InChI=1S/2C11H20O2.C6H16N2.Mg/c2*1-10(2,3)8(12)7-9(13)11(4,5)6;1-7(2)5-6-8(3)4;/h2*7,12H,1-6H3;5-6H2,1-4H3;/q;;;+2/p-2/b2*8-7-;;. The van der Waals surface area contributed by atoms with Crippen molar-refractivity contribution in [1.82, 2.24) is 9.80 Å². The first-order valence-corrected chi connectivity index (χ1v) is 11.9. The van der Waals surface area contributed by atoms with E-state index in [2.05, 4.69) is 38.0 Å². The van der Waals surface area contributed by atoms with Crippen LogP contribution in [0.3, 0.4) is 0 Å². The maximum Gasteiger partial charge on any atom is 2.00 e. The molecule has 0 aromatic rings. The maximum atomic E-state index is 11.4. The van der Waals surface area contributed by atoms with Crippen LogP contribution in [-0.4, -0.2) is 85.7 Å². The number of hydrogen-bond donors (Lipinski definition) is 0. The van der Waals surface area contributed by atoms with Gasteiger partial charge in [0.15, 0.2) is 11.6 Å². The van der Waals surface area contributed by atoms with Gasteiger partial charge in [0.05, 0.1) is 0 Å². The Bertz CT molecular complexity index is 622. The summed E-state index contributed by atoms with van der Waals surface area (Å²) in [6, 6.07) is 0. The molecule has 0 radical (unpaired) electrons. The zero-order chi connectivity index (χ0) is 28.3. The molecule has 35 heavy (non-hydrogen) atoms. The van der Waals surface area contributed by atoms with Crippen molar-refractivity contribution in [3.63, 3.8) is 0 Å². The second kappa shape index (κ2) is 16.8. The van der Waals surface area contributed by atoms with Crippen molar-refractivity contribution in [3.05, 3.63) is 23.7 Å². The molecule has 0 aromatic carbocycles. The molecule has 7 heteroatoms. The van der Waals surface area contributed by atoms with Crippen LogP contribution in [0, 0.1) is 21.7 Å². The third kappa shape index (κ3) is 24.6. The summed E-state index contributed by atoms with van der Waals surface area (Å²) in [5.41, 5.74) is -1.83. The molecule has 0 fully saturated rings. The molecule has 0 aliphatic heterocycles. The number of carbonyl (C=O) groups is 2. The number of carbonyl (C=O) groups excluding carboxylic acids is 2. The number of allylic oxidation sites excluding steroid dienone is 4. The molecule has 0 unspecified atom stereocenters. The number of hydrogen-bond acceptors (Lipinski definition) is 6. The van der Waals surface area contributed by atoms with E-state index in [1.165, 1.54) is 12.2 Å². The molecular formula is C28H54MgN2O4. The molecule has 0 aliphatic carbocycles. The first-order valence-electron chi connectivity index (χ1n) is 11.9. The summed E-state index contributed by atoms with van der Waals surface area (Å²) in [6.45, 7) is 24.0. The van der Waals surface area contributed by atoms with E-state index in [0.717, 1.165) is 13.1 Å². The number of likely N-dealkylation sites (N-methyl/N-ethyl adjacent to an activating group) is 2. The molecule has 0 rings (SSSR count). The summed E-state index contributed by atoms with van der Waals surface area (Å²) in [6.07, 6.45) is 2.44. The summed E-state index contributed by atoms with van der Waals surface area (Å²) in [5.74, 6) is -0.417. The molecular weight excluding hydrogens is 453 g/mol. The second-order valence-corrected chi connectivity index (χ2v) is 13.4. The molecule has 202 valence electrons. The van der Waals surface area contributed by atoms with Gasteiger partial charge in [-0.3, -0.25) is 9.59 Å². The van der Waals surface area contributed by atoms with Gasteiger partial charge in [-0.15, -0.1) is 11.5 Å². The van der Waals surface area contributed by atoms with E-state index in [0.29, 0.717) is 0 Å². The van der Waals surface area contributed by atoms with E-state index in [9.17, 15) is 19.8 Å². The minimum Gasteiger partial charge on any atom is -0.875 e. The first-order chi connectivity index (χ1) is 14.7. The third-order valence-electron chi connectivity index (χ3n) is 4.48. The Kier molecular flexibility index (Phi) is 19.8. The van der Waals surface area contributed by atoms with E-state index in [-0.39, 0.29) is 46.1 Å². The molecule has 0 bridgehead atoms. The normalized spacial score (nSPS) is 13.3. The van der Waals surface area contributed by atoms with Crippen LogP contribution in [0.4, 0.5) is 0 Å². The smallest absolute Gasteiger partial charge is 0.875 e. The van der Waals surface area contributed by atoms with Crippen molar-refractivity contribution in [1.29, 1.82) is 0 Å². The van der Waals surface area contributed by atoms with Crippen molar-refractivity contribution in [2.45, 2.75) is 83.1 Å². The fourth-order valence-corrected chi connectivity index (χ4v) is 1.50. The van der Waals surface area contributed by atoms with E-state index in [1.807, 2.05) is 83.1 Å². The van der Waals surface area contributed by atoms with Gasteiger partial charge in [-0.2, -0.15) is 0 Å². The predicted molar refractivity (Wildman–Crippen MR) is 147 cm³/mol. The monoisotopic (exact) mass is 506 g/mol. The first kappa shape index (κ1) is 41.2. The molecule has 0 amide bonds. The molecule has 0 saturated carbocycles. The van der Waals surface area contributed by atoms with Crippen LogP contribution < -0.4 is 10.2 Å². The minimum absolute atomic E-state index is 0. The van der Waals surface area contributed by atoms with Gasteiger partial charge in [-0.1, -0.05) is 83.1 Å². The SMILES string of the molecule is CC(C)(C)C(=O)/C=C(\[O-])C(C)(C)C.CC(C)(C)C(=O)/C=C(\[O-])C(C)(C)C.CN(C)CCN(C)C.[Mg+2]. The summed E-state index contributed by atoms with van der Waals surface area (Å²) < 4.78 is 0. The van der Waals surface area contributed by atoms with Gasteiger partial charge in [-0.25, -0.2) is 0 Å². The third-order valence-corrected chi connectivity index (χ3v) is 4.48. The van der Waals surface area contributed by atoms with Crippen molar-refractivity contribution in [2.24, 2.45) is 21.7 Å². The average Bonchev–Trinajstić information content (AvgIpc) is 2.57. The average molecular weight is 507 g/mol. The van der Waals surface area contributed by atoms with Crippen LogP contribution in [0.1, 0.15) is 83.1 Å². The molecule has 6 nitrogen and oxygen atoms in total. The maximum absolute atomic E-state index is 11.4. The Morgan fingerprint density at radius 1 is 0.543 bits per heavy atom. The zero-order valence-corrected chi connectivity index (χ0v) is 27.2. The topological polar surface area (TPSA) is 86.7 Å². The van der Waals surface area contributed by atoms with Crippen molar-refractivity contribution >= 4 is 34.6 Å². The van der Waals surface area contributed by atoms with Crippen molar-refractivity contribution in [2.75, 3.05) is 41.3 Å². The van der Waals surface area contributed by atoms with E-state index < -0.39 is 21.7 Å². The van der Waals surface area contributed by atoms with Crippen LogP contribution in [0.5, 0.6) is 0 Å². The van der Waals surface area contributed by atoms with E-state index >= 15 is 0 Å². The van der Waals surface area contributed by atoms with Gasteiger partial charge in [0.25, 0.3) is 0 Å². The van der Waals surface area contributed by atoms with Crippen molar-refractivity contribution < 1.29 is 19.8 Å². The second-order valence-electron chi connectivity index (χ2n) is 13.4. The Morgan fingerprint density at radius 2 is 0.743 bits per heavy atom. The zero-order valence-electron chi connectivity index (χ0n) is 25.8. The van der Waals surface area contributed by atoms with Crippen LogP contribution in [-0.2, 0) is 9.59 Å². The molecule has 0 aliphatic rings. The van der Waals surface area contributed by atoms with E-state index in [1.54, 1.807) is 0 Å². The van der Waals surface area contributed by atoms with Crippen molar-refractivity contribution in [3.8, 4) is 0 Å². The van der Waals surface area contributed by atoms with Crippen LogP contribution in [0.2, 0.25) is 0 Å². The van der Waals surface area contributed by atoms with Crippen LogP contribution in [0.15, 0.2) is 23.7 Å². The number of ketones is 2. The Balaban J connectivity index is -0.000000209. The Labute approximate surface area is 233 Å². The number of rotatable bonds is 5. The molecule has 0 heterocycles. The molecule has 0 N–H and O–H groups in total. The summed E-state index contributed by atoms with van der Waals surface area (Å²) >= 11 is 0. The Morgan fingerprint density at radius 3 is 0.857 bits per heavy atom. The summed E-state index contributed by atoms with van der Waals surface area (Å²) in [4.78, 5) is 27.3. The Hall–Kier alpha value is -0.894. The molecule has 0 spiro atoms. The minimum atomic E-state index is -0.457. The van der Waals surface area contributed by atoms with Crippen LogP contribution >= 0.6 is 0 Å². The fourth-order valence-electron chi connectivity index (χ4n) is 1.50. The van der Waals surface area contributed by atoms with Gasteiger partial charge < -0.3 is 20.0 Å². The van der Waals surface area contributed by atoms with E-state index in [4.69, 9.17) is 0 Å². The largest absolute Gasteiger partial charge is 2.00 e. The summed E-state index contributed by atoms with van der Waals surface area (Å²) in [5, 5.41) is 22.9. The van der Waals surface area contributed by atoms with Gasteiger partial charge in [0.1, 0.15) is 0 Å². The van der Waals surface area contributed by atoms with Gasteiger partial charge in [-0.05, 0) is 51.2 Å². The van der Waals surface area contributed by atoms with Gasteiger partial charge in [0.2, 0.25) is 0 Å². The molecule has 0 saturated heterocycles. The molecule has 0 atom stereocenters. The van der Waals surface area contributed by atoms with Gasteiger partial charge in [0, 0.05) is 23.9 Å². The van der Waals surface area contributed by atoms with Gasteiger partial charge >= 0.3 is 23.1 Å². The van der Waals surface area contributed by atoms with Crippen LogP contribution in [0.25, 0.3) is 0 Å². The quantitative estimate of drug-likeness (QED) is 0.322. The number of nitrogens with zero attached hydrogens (tertiary/aromatic N) is 2. The summed E-state index contributed by atoms with van der Waals surface area (Å²) in [7, 11) is 8.35.